The van der Waals surface area contributed by atoms with Gasteiger partial charge in [0.05, 0.1) is 0 Å². The summed E-state index contributed by atoms with van der Waals surface area (Å²) < 4.78 is 5.54. The summed E-state index contributed by atoms with van der Waals surface area (Å²) in [6.07, 6.45) is 2.73. The highest BCUT2D eigenvalue weighted by Crippen LogP contribution is 2.33. The van der Waals surface area contributed by atoms with Crippen LogP contribution in [0, 0.1) is 6.92 Å². The van der Waals surface area contributed by atoms with Gasteiger partial charge in [0.2, 0.25) is 0 Å². The number of aryl methyl sites for hydroxylation is 2. The summed E-state index contributed by atoms with van der Waals surface area (Å²) in [6.45, 7) is 4.55. The number of carbonyl (C=O) groups excluding carboxylic acids is 1. The highest BCUT2D eigenvalue weighted by atomic mass is 35.5. The molecule has 4 nitrogen and oxygen atoms in total. The molecule has 0 saturated carbocycles. The van der Waals surface area contributed by atoms with Crippen LogP contribution in [0.2, 0.25) is 5.02 Å². The molecule has 1 aliphatic rings. The number of rotatable bonds is 3. The Bertz CT molecular complexity index is 940. The molecule has 0 bridgehead atoms. The van der Waals surface area contributed by atoms with E-state index in [1.54, 1.807) is 6.07 Å². The predicted octanol–water partition coefficient (Wildman–Crippen LogP) is 4.74. The molecule has 1 amide bonds. The van der Waals surface area contributed by atoms with Gasteiger partial charge in [-0.15, -0.1) is 0 Å². The number of fused-ring (bicyclic) bond motifs is 3. The van der Waals surface area contributed by atoms with Crippen LogP contribution >= 0.6 is 11.6 Å². The average molecular weight is 357 g/mol. The van der Waals surface area contributed by atoms with Crippen LogP contribution in [0.15, 0.2) is 34.7 Å². The smallest absolute Gasteiger partial charge is 0.289 e. The maximum absolute atomic E-state index is 12.9. The maximum Gasteiger partial charge on any atom is 0.289 e. The molecule has 1 aliphatic carbocycles. The number of likely N-dealkylation sites (N-methyl/N-ethyl adjacent to an activating group) is 1. The first-order valence-corrected chi connectivity index (χ1v) is 9.11. The first kappa shape index (κ1) is 16.3. The molecule has 1 atom stereocenters. The number of carbonyl (C=O) groups is 1. The molecule has 2 heterocycles. The lowest BCUT2D eigenvalue weighted by atomic mass is 9.90. The van der Waals surface area contributed by atoms with Gasteiger partial charge in [-0.25, -0.2) is 0 Å². The van der Waals surface area contributed by atoms with E-state index in [0.29, 0.717) is 12.3 Å². The molecule has 25 heavy (non-hydrogen) atoms. The highest BCUT2D eigenvalue weighted by molar-refractivity contribution is 6.31. The third kappa shape index (κ3) is 2.85. The van der Waals surface area contributed by atoms with E-state index in [9.17, 15) is 4.79 Å². The van der Waals surface area contributed by atoms with Crippen molar-refractivity contribution in [3.05, 3.63) is 58.1 Å². The van der Waals surface area contributed by atoms with Crippen molar-refractivity contribution in [2.75, 3.05) is 6.54 Å². The van der Waals surface area contributed by atoms with Crippen molar-refractivity contribution < 1.29 is 9.21 Å². The number of nitrogens with zero attached hydrogens (tertiary/aromatic N) is 1. The van der Waals surface area contributed by atoms with Crippen LogP contribution in [-0.2, 0) is 12.8 Å². The Kier molecular flexibility index (Phi) is 4.08. The number of furan rings is 1. The molecule has 1 N–H and O–H groups in total. The summed E-state index contributed by atoms with van der Waals surface area (Å²) in [5, 5.41) is 1.91. The average Bonchev–Trinajstić information content (AvgIpc) is 3.19. The van der Waals surface area contributed by atoms with Gasteiger partial charge < -0.3 is 14.3 Å². The molecule has 5 heteroatoms. The number of benzene rings is 1. The standard InChI is InChI=1S/C20H21ClN2O2/c1-3-23(20(24)19-9-4-12(2)25-19)14-6-8-18-16(11-14)15-10-13(21)5-7-17(15)22-18/h4-5,7,9-10,14,22H,3,6,8,11H2,1-2H3/t14-/m1/s1. The fourth-order valence-electron chi connectivity index (χ4n) is 3.90. The van der Waals surface area contributed by atoms with Crippen LogP contribution in [0.3, 0.4) is 0 Å². The number of halogens is 1. The summed E-state index contributed by atoms with van der Waals surface area (Å²) in [5.74, 6) is 1.16. The number of aromatic amines is 1. The van der Waals surface area contributed by atoms with E-state index in [4.69, 9.17) is 16.0 Å². The number of H-pyrrole nitrogens is 1. The fraction of sp³-hybridized carbons (Fsp3) is 0.350. The lowest BCUT2D eigenvalue weighted by Crippen LogP contribution is -2.43. The topological polar surface area (TPSA) is 49.2 Å². The second kappa shape index (κ2) is 6.26. The third-order valence-electron chi connectivity index (χ3n) is 5.12. The number of amides is 1. The van der Waals surface area contributed by atoms with Crippen LogP contribution in [0.1, 0.15) is 40.9 Å². The molecule has 1 aromatic carbocycles. The number of nitrogens with one attached hydrogen (secondary N) is 1. The molecular weight excluding hydrogens is 336 g/mol. The molecule has 0 fully saturated rings. The molecule has 0 radical (unpaired) electrons. The summed E-state index contributed by atoms with van der Waals surface area (Å²) in [4.78, 5) is 18.3. The van der Waals surface area contributed by atoms with Gasteiger partial charge in [-0.1, -0.05) is 11.6 Å². The van der Waals surface area contributed by atoms with Crippen LogP contribution < -0.4 is 0 Å². The van der Waals surface area contributed by atoms with Gasteiger partial charge in [-0.05, 0) is 69.0 Å². The number of aromatic nitrogens is 1. The van der Waals surface area contributed by atoms with Gasteiger partial charge in [0.25, 0.3) is 5.91 Å². The largest absolute Gasteiger partial charge is 0.456 e. The monoisotopic (exact) mass is 356 g/mol. The predicted molar refractivity (Wildman–Crippen MR) is 99.3 cm³/mol. The molecule has 3 aromatic rings. The van der Waals surface area contributed by atoms with Gasteiger partial charge in [0, 0.05) is 34.2 Å². The quantitative estimate of drug-likeness (QED) is 0.736. The Labute approximate surface area is 151 Å². The fourth-order valence-corrected chi connectivity index (χ4v) is 4.07. The molecule has 0 spiro atoms. The van der Waals surface area contributed by atoms with Gasteiger partial charge in [-0.3, -0.25) is 4.79 Å². The summed E-state index contributed by atoms with van der Waals surface area (Å²) >= 11 is 6.19. The van der Waals surface area contributed by atoms with Crippen LogP contribution in [-0.4, -0.2) is 28.4 Å². The van der Waals surface area contributed by atoms with Crippen molar-refractivity contribution >= 4 is 28.4 Å². The van der Waals surface area contributed by atoms with Crippen molar-refractivity contribution in [3.63, 3.8) is 0 Å². The minimum Gasteiger partial charge on any atom is -0.456 e. The normalized spacial score (nSPS) is 16.8. The summed E-state index contributed by atoms with van der Waals surface area (Å²) in [7, 11) is 0. The van der Waals surface area contributed by atoms with Crippen molar-refractivity contribution in [2.24, 2.45) is 0 Å². The van der Waals surface area contributed by atoms with E-state index >= 15 is 0 Å². The van der Waals surface area contributed by atoms with E-state index < -0.39 is 0 Å². The molecule has 130 valence electrons. The Morgan fingerprint density at radius 1 is 1.36 bits per heavy atom. The second-order valence-electron chi connectivity index (χ2n) is 6.67. The van der Waals surface area contributed by atoms with Gasteiger partial charge in [0.15, 0.2) is 5.76 Å². The zero-order valence-corrected chi connectivity index (χ0v) is 15.2. The number of hydrogen-bond acceptors (Lipinski definition) is 2. The molecule has 0 aliphatic heterocycles. The van der Waals surface area contributed by atoms with Crippen molar-refractivity contribution in [3.8, 4) is 0 Å². The Morgan fingerprint density at radius 2 is 2.20 bits per heavy atom. The van der Waals surface area contributed by atoms with E-state index in [-0.39, 0.29) is 11.9 Å². The van der Waals surface area contributed by atoms with Crippen LogP contribution in [0.25, 0.3) is 10.9 Å². The molecule has 2 aromatic heterocycles. The number of hydrogen-bond donors (Lipinski definition) is 1. The summed E-state index contributed by atoms with van der Waals surface area (Å²) in [5.41, 5.74) is 3.67. The molecule has 4 rings (SSSR count). The second-order valence-corrected chi connectivity index (χ2v) is 7.11. The summed E-state index contributed by atoms with van der Waals surface area (Å²) in [6, 6.07) is 9.72. The van der Waals surface area contributed by atoms with Gasteiger partial charge in [0.1, 0.15) is 5.76 Å². The lowest BCUT2D eigenvalue weighted by molar-refractivity contribution is 0.0640. The van der Waals surface area contributed by atoms with Crippen molar-refractivity contribution in [2.45, 2.75) is 39.2 Å². The Morgan fingerprint density at radius 3 is 2.92 bits per heavy atom. The third-order valence-corrected chi connectivity index (χ3v) is 5.35. The van der Waals surface area contributed by atoms with Crippen LogP contribution in [0.5, 0.6) is 0 Å². The zero-order chi connectivity index (χ0) is 17.6. The molecular formula is C20H21ClN2O2. The van der Waals surface area contributed by atoms with E-state index in [0.717, 1.165) is 35.6 Å². The zero-order valence-electron chi connectivity index (χ0n) is 14.4. The SMILES string of the molecule is CCN(C(=O)c1ccc(C)o1)[C@@H]1CCc2[nH]c3ccc(Cl)cc3c2C1. The van der Waals surface area contributed by atoms with E-state index in [1.807, 2.05) is 43.0 Å². The molecule has 0 saturated heterocycles. The highest BCUT2D eigenvalue weighted by Gasteiger charge is 2.30. The maximum atomic E-state index is 12.9. The van der Waals surface area contributed by atoms with E-state index in [2.05, 4.69) is 4.98 Å². The van der Waals surface area contributed by atoms with Crippen molar-refractivity contribution in [1.82, 2.24) is 9.88 Å². The van der Waals surface area contributed by atoms with Gasteiger partial charge in [-0.2, -0.15) is 0 Å². The Hall–Kier alpha value is -2.20. The van der Waals surface area contributed by atoms with Gasteiger partial charge >= 0.3 is 0 Å². The minimum atomic E-state index is -0.0260. The van der Waals surface area contributed by atoms with E-state index in [1.165, 1.54) is 16.6 Å². The lowest BCUT2D eigenvalue weighted by Gasteiger charge is -2.33. The Balaban J connectivity index is 1.65. The first-order chi connectivity index (χ1) is 12.1. The first-order valence-electron chi connectivity index (χ1n) is 8.73. The minimum absolute atomic E-state index is 0.0260. The van der Waals surface area contributed by atoms with Crippen LogP contribution in [0.4, 0.5) is 0 Å². The van der Waals surface area contributed by atoms with Crippen molar-refractivity contribution in [1.29, 1.82) is 0 Å². The molecule has 0 unspecified atom stereocenters.